The summed E-state index contributed by atoms with van der Waals surface area (Å²) in [5.74, 6) is 0.428. The van der Waals surface area contributed by atoms with E-state index in [0.717, 1.165) is 25.9 Å². The molecule has 2 unspecified atom stereocenters. The highest BCUT2D eigenvalue weighted by Crippen LogP contribution is 2.36. The fraction of sp³-hybridized carbons (Fsp3) is 0.875. The molecule has 1 N–H and O–H groups in total. The van der Waals surface area contributed by atoms with E-state index in [2.05, 4.69) is 13.8 Å². The predicted molar refractivity (Wildman–Crippen MR) is 81.1 cm³/mol. The lowest BCUT2D eigenvalue weighted by atomic mass is 9.83. The van der Waals surface area contributed by atoms with Crippen molar-refractivity contribution in [1.82, 2.24) is 9.80 Å². The molecule has 0 saturated carbocycles. The van der Waals surface area contributed by atoms with Crippen LogP contribution in [0.25, 0.3) is 0 Å². The van der Waals surface area contributed by atoms with Gasteiger partial charge in [-0.25, -0.2) is 4.79 Å². The van der Waals surface area contributed by atoms with Gasteiger partial charge in [0.05, 0.1) is 5.41 Å². The van der Waals surface area contributed by atoms with Gasteiger partial charge in [-0.15, -0.1) is 0 Å². The monoisotopic (exact) mass is 296 g/mol. The van der Waals surface area contributed by atoms with E-state index in [4.69, 9.17) is 0 Å². The van der Waals surface area contributed by atoms with E-state index < -0.39 is 11.4 Å². The lowest BCUT2D eigenvalue weighted by Crippen LogP contribution is -2.43. The molecule has 5 heteroatoms. The summed E-state index contributed by atoms with van der Waals surface area (Å²) in [5.41, 5.74) is -0.721. The van der Waals surface area contributed by atoms with Gasteiger partial charge in [-0.3, -0.25) is 4.79 Å². The lowest BCUT2D eigenvalue weighted by molar-refractivity contribution is -0.148. The molecule has 2 fully saturated rings. The molecular formula is C16H28N2O3. The number of hydrogen-bond acceptors (Lipinski definition) is 2. The first kappa shape index (κ1) is 16.1. The first-order chi connectivity index (χ1) is 9.89. The molecule has 2 amide bonds. The Morgan fingerprint density at radius 1 is 1.29 bits per heavy atom. The minimum atomic E-state index is -0.749. The lowest BCUT2D eigenvalue weighted by Gasteiger charge is -2.27. The maximum absolute atomic E-state index is 12.6. The second-order valence-electron chi connectivity index (χ2n) is 7.03. The average molecular weight is 296 g/mol. The van der Waals surface area contributed by atoms with Crippen LogP contribution in [0.15, 0.2) is 0 Å². The number of amides is 2. The summed E-state index contributed by atoms with van der Waals surface area (Å²) in [5, 5.41) is 9.52. The molecule has 120 valence electrons. The first-order valence-electron chi connectivity index (χ1n) is 8.17. The van der Waals surface area contributed by atoms with Crippen LogP contribution >= 0.6 is 0 Å². The van der Waals surface area contributed by atoms with E-state index in [9.17, 15) is 14.7 Å². The second-order valence-corrected chi connectivity index (χ2v) is 7.03. The van der Waals surface area contributed by atoms with Gasteiger partial charge in [0.1, 0.15) is 0 Å². The highest BCUT2D eigenvalue weighted by atomic mass is 16.4. The minimum absolute atomic E-state index is 0.0392. The molecule has 2 saturated heterocycles. The molecule has 2 atom stereocenters. The quantitative estimate of drug-likeness (QED) is 0.867. The van der Waals surface area contributed by atoms with Gasteiger partial charge in [0.15, 0.2) is 0 Å². The van der Waals surface area contributed by atoms with E-state index in [-0.39, 0.29) is 6.03 Å². The summed E-state index contributed by atoms with van der Waals surface area (Å²) in [4.78, 5) is 27.8. The molecule has 0 aliphatic carbocycles. The Labute approximate surface area is 127 Å². The summed E-state index contributed by atoms with van der Waals surface area (Å²) in [6.07, 6.45) is 3.15. The molecule has 0 aromatic heterocycles. The van der Waals surface area contributed by atoms with Crippen LogP contribution in [-0.4, -0.2) is 53.1 Å². The number of carbonyl (C=O) groups excluding carboxylic acids is 1. The van der Waals surface area contributed by atoms with Crippen LogP contribution in [0.5, 0.6) is 0 Å². The van der Waals surface area contributed by atoms with Gasteiger partial charge in [0, 0.05) is 26.2 Å². The molecule has 0 bridgehead atoms. The highest BCUT2D eigenvalue weighted by molar-refractivity contribution is 5.80. The number of likely N-dealkylation sites (tertiary alicyclic amines) is 2. The molecule has 0 radical (unpaired) electrons. The van der Waals surface area contributed by atoms with Crippen LogP contribution in [0.4, 0.5) is 4.79 Å². The Morgan fingerprint density at radius 3 is 2.52 bits per heavy atom. The van der Waals surface area contributed by atoms with Crippen molar-refractivity contribution in [3.05, 3.63) is 0 Å². The maximum Gasteiger partial charge on any atom is 0.320 e. The van der Waals surface area contributed by atoms with Crippen LogP contribution in [0.2, 0.25) is 0 Å². The number of nitrogens with zero attached hydrogens (tertiary/aromatic N) is 2. The second kappa shape index (κ2) is 6.24. The predicted octanol–water partition coefficient (Wildman–Crippen LogP) is 2.66. The van der Waals surface area contributed by atoms with Crippen LogP contribution in [0, 0.1) is 17.3 Å². The molecule has 2 aliphatic heterocycles. The number of hydrogen-bond donors (Lipinski definition) is 1. The van der Waals surface area contributed by atoms with E-state index >= 15 is 0 Å². The average Bonchev–Trinajstić information content (AvgIpc) is 3.06. The van der Waals surface area contributed by atoms with E-state index in [1.807, 2.05) is 11.8 Å². The normalized spacial score (nSPS) is 29.4. The number of aliphatic carboxylic acids is 1. The summed E-state index contributed by atoms with van der Waals surface area (Å²) < 4.78 is 0. The summed E-state index contributed by atoms with van der Waals surface area (Å²) in [7, 11) is 0. The van der Waals surface area contributed by atoms with Crippen molar-refractivity contribution < 1.29 is 14.7 Å². The smallest absolute Gasteiger partial charge is 0.320 e. The largest absolute Gasteiger partial charge is 0.481 e. The molecule has 2 rings (SSSR count). The third kappa shape index (κ3) is 3.16. The van der Waals surface area contributed by atoms with Gasteiger partial charge in [0.2, 0.25) is 0 Å². The molecule has 0 spiro atoms. The summed E-state index contributed by atoms with van der Waals surface area (Å²) in [6.45, 7) is 8.98. The SMILES string of the molecule is CCCC1(C(=O)O)CCN(C(=O)N2CCC(C(C)C)C2)C1. The third-order valence-electron chi connectivity index (χ3n) is 5.24. The summed E-state index contributed by atoms with van der Waals surface area (Å²) in [6, 6.07) is 0.0392. The zero-order chi connectivity index (χ0) is 15.6. The Morgan fingerprint density at radius 2 is 2.00 bits per heavy atom. The third-order valence-corrected chi connectivity index (χ3v) is 5.24. The molecule has 0 aromatic rings. The molecule has 0 aromatic carbocycles. The van der Waals surface area contributed by atoms with E-state index in [1.54, 1.807) is 4.90 Å². The molecule has 2 heterocycles. The van der Waals surface area contributed by atoms with Gasteiger partial charge >= 0.3 is 12.0 Å². The topological polar surface area (TPSA) is 60.9 Å². The van der Waals surface area contributed by atoms with Crippen molar-refractivity contribution in [2.45, 2.75) is 46.5 Å². The minimum Gasteiger partial charge on any atom is -0.481 e. The Balaban J connectivity index is 1.98. The van der Waals surface area contributed by atoms with E-state index in [1.165, 1.54) is 0 Å². The van der Waals surface area contributed by atoms with Crippen LogP contribution < -0.4 is 0 Å². The fourth-order valence-corrected chi connectivity index (χ4v) is 3.71. The van der Waals surface area contributed by atoms with Crippen LogP contribution in [0.1, 0.15) is 46.5 Å². The first-order valence-corrected chi connectivity index (χ1v) is 8.17. The zero-order valence-corrected chi connectivity index (χ0v) is 13.5. The number of rotatable bonds is 4. The Bertz CT molecular complexity index is 410. The molecular weight excluding hydrogens is 268 g/mol. The number of urea groups is 1. The van der Waals surface area contributed by atoms with Crippen LogP contribution in [-0.2, 0) is 4.79 Å². The van der Waals surface area contributed by atoms with Gasteiger partial charge in [-0.2, -0.15) is 0 Å². The van der Waals surface area contributed by atoms with Gasteiger partial charge < -0.3 is 14.9 Å². The number of carboxylic acids is 1. The van der Waals surface area contributed by atoms with Crippen molar-refractivity contribution in [3.8, 4) is 0 Å². The van der Waals surface area contributed by atoms with Gasteiger partial charge in [-0.05, 0) is 31.1 Å². The van der Waals surface area contributed by atoms with Crippen molar-refractivity contribution in [3.63, 3.8) is 0 Å². The van der Waals surface area contributed by atoms with Crippen molar-refractivity contribution in [2.24, 2.45) is 17.3 Å². The number of carboxylic acid groups (broad SMARTS) is 1. The maximum atomic E-state index is 12.6. The van der Waals surface area contributed by atoms with Crippen LogP contribution in [0.3, 0.4) is 0 Å². The van der Waals surface area contributed by atoms with E-state index in [0.29, 0.717) is 37.8 Å². The molecule has 5 nitrogen and oxygen atoms in total. The Hall–Kier alpha value is -1.26. The molecule has 21 heavy (non-hydrogen) atoms. The van der Waals surface area contributed by atoms with Crippen molar-refractivity contribution in [2.75, 3.05) is 26.2 Å². The summed E-state index contributed by atoms with van der Waals surface area (Å²) >= 11 is 0. The molecule has 2 aliphatic rings. The fourth-order valence-electron chi connectivity index (χ4n) is 3.71. The van der Waals surface area contributed by atoms with Crippen molar-refractivity contribution >= 4 is 12.0 Å². The standard InChI is InChI=1S/C16H28N2O3/c1-4-6-16(14(19)20)7-9-18(11-16)15(21)17-8-5-13(10-17)12(2)3/h12-13H,4-11H2,1-3H3,(H,19,20). The van der Waals surface area contributed by atoms with Gasteiger partial charge in [0.25, 0.3) is 0 Å². The number of carbonyl (C=O) groups is 2. The van der Waals surface area contributed by atoms with Crippen molar-refractivity contribution in [1.29, 1.82) is 0 Å². The highest BCUT2D eigenvalue weighted by Gasteiger charge is 2.46. The Kier molecular flexibility index (Phi) is 4.79. The zero-order valence-electron chi connectivity index (χ0n) is 13.5. The van der Waals surface area contributed by atoms with Gasteiger partial charge in [-0.1, -0.05) is 27.2 Å².